The van der Waals surface area contributed by atoms with Crippen LogP contribution in [0.2, 0.25) is 0 Å². The van der Waals surface area contributed by atoms with Gasteiger partial charge in [0.05, 0.1) is 0 Å². The maximum atomic E-state index is 12.3. The fourth-order valence-corrected chi connectivity index (χ4v) is 1.96. The number of pyridine rings is 2. The Labute approximate surface area is 124 Å². The molecule has 21 heavy (non-hydrogen) atoms. The Morgan fingerprint density at radius 1 is 1.19 bits per heavy atom. The molecule has 2 aromatic heterocycles. The van der Waals surface area contributed by atoms with Crippen molar-refractivity contribution in [1.29, 1.82) is 0 Å². The third-order valence-electron chi connectivity index (χ3n) is 3.02. The van der Waals surface area contributed by atoms with Gasteiger partial charge in [0.25, 0.3) is 5.91 Å². The van der Waals surface area contributed by atoms with Crippen LogP contribution in [-0.2, 0) is 6.42 Å². The lowest BCUT2D eigenvalue weighted by Gasteiger charge is -2.09. The molecule has 1 amide bonds. The summed E-state index contributed by atoms with van der Waals surface area (Å²) in [6, 6.07) is 7.30. The fourth-order valence-electron chi connectivity index (χ4n) is 1.96. The summed E-state index contributed by atoms with van der Waals surface area (Å²) in [4.78, 5) is 20.9. The average molecular weight is 284 g/mol. The second-order valence-electron chi connectivity index (χ2n) is 4.79. The summed E-state index contributed by atoms with van der Waals surface area (Å²) in [5.74, 6) is 1.10. The highest BCUT2D eigenvalue weighted by Crippen LogP contribution is 2.14. The van der Waals surface area contributed by atoms with Gasteiger partial charge in [-0.3, -0.25) is 4.79 Å². The van der Waals surface area contributed by atoms with E-state index < -0.39 is 0 Å². The number of aryl methyl sites for hydroxylation is 2. The molecule has 2 heterocycles. The topological polar surface area (TPSA) is 66.9 Å². The van der Waals surface area contributed by atoms with E-state index in [1.165, 1.54) is 0 Å². The third-order valence-corrected chi connectivity index (χ3v) is 3.02. The molecule has 0 radical (unpaired) electrons. The molecule has 0 bridgehead atoms. The smallest absolute Gasteiger partial charge is 0.257 e. The Balaban J connectivity index is 2.23. The number of hydrogen-bond donors (Lipinski definition) is 2. The maximum absolute atomic E-state index is 12.3. The van der Waals surface area contributed by atoms with Crippen LogP contribution < -0.4 is 10.6 Å². The number of hydrogen-bond acceptors (Lipinski definition) is 4. The van der Waals surface area contributed by atoms with E-state index in [4.69, 9.17) is 0 Å². The van der Waals surface area contributed by atoms with Gasteiger partial charge in [-0.15, -0.1) is 0 Å². The van der Waals surface area contributed by atoms with Gasteiger partial charge < -0.3 is 10.6 Å². The van der Waals surface area contributed by atoms with Crippen molar-refractivity contribution in [3.63, 3.8) is 0 Å². The van der Waals surface area contributed by atoms with Gasteiger partial charge in [0.1, 0.15) is 11.6 Å². The highest BCUT2D eigenvalue weighted by Gasteiger charge is 2.10. The van der Waals surface area contributed by atoms with Crippen molar-refractivity contribution in [2.75, 3.05) is 17.2 Å². The summed E-state index contributed by atoms with van der Waals surface area (Å²) in [5, 5.41) is 5.96. The Bertz CT molecular complexity index is 640. The molecule has 2 rings (SSSR count). The zero-order chi connectivity index (χ0) is 15.2. The van der Waals surface area contributed by atoms with Gasteiger partial charge in [-0.05, 0) is 50.1 Å². The molecule has 0 aliphatic heterocycles. The van der Waals surface area contributed by atoms with Gasteiger partial charge >= 0.3 is 0 Å². The van der Waals surface area contributed by atoms with E-state index in [1.54, 1.807) is 12.3 Å². The van der Waals surface area contributed by atoms with Crippen LogP contribution in [0.4, 0.5) is 11.6 Å². The Morgan fingerprint density at radius 2 is 2.00 bits per heavy atom. The zero-order valence-corrected chi connectivity index (χ0v) is 12.6. The van der Waals surface area contributed by atoms with E-state index in [1.807, 2.05) is 39.0 Å². The number of nitrogens with one attached hydrogen (secondary N) is 2. The van der Waals surface area contributed by atoms with Crippen molar-refractivity contribution in [2.24, 2.45) is 0 Å². The maximum Gasteiger partial charge on any atom is 0.257 e. The van der Waals surface area contributed by atoms with Gasteiger partial charge in [0.15, 0.2) is 0 Å². The lowest BCUT2D eigenvalue weighted by Crippen LogP contribution is -2.14. The van der Waals surface area contributed by atoms with Crippen molar-refractivity contribution in [3.8, 4) is 0 Å². The zero-order valence-electron chi connectivity index (χ0n) is 12.6. The lowest BCUT2D eigenvalue weighted by atomic mass is 10.1. The molecule has 5 nitrogen and oxygen atoms in total. The van der Waals surface area contributed by atoms with Crippen LogP contribution in [0.5, 0.6) is 0 Å². The first kappa shape index (κ1) is 15.0. The summed E-state index contributed by atoms with van der Waals surface area (Å²) in [6.45, 7) is 6.74. The first-order chi connectivity index (χ1) is 10.1. The van der Waals surface area contributed by atoms with Crippen molar-refractivity contribution in [1.82, 2.24) is 9.97 Å². The van der Waals surface area contributed by atoms with Crippen LogP contribution in [0, 0.1) is 6.92 Å². The number of anilines is 2. The first-order valence-electron chi connectivity index (χ1n) is 7.11. The largest absolute Gasteiger partial charge is 0.370 e. The fraction of sp³-hybridized carbons (Fsp3) is 0.312. The quantitative estimate of drug-likeness (QED) is 0.885. The van der Waals surface area contributed by atoms with Crippen LogP contribution >= 0.6 is 0 Å². The number of nitrogens with zero attached hydrogens (tertiary/aromatic N) is 2. The number of rotatable bonds is 5. The van der Waals surface area contributed by atoms with E-state index >= 15 is 0 Å². The normalized spacial score (nSPS) is 10.2. The molecule has 0 spiro atoms. The molecular weight excluding hydrogens is 264 g/mol. The monoisotopic (exact) mass is 284 g/mol. The Hall–Kier alpha value is -2.43. The summed E-state index contributed by atoms with van der Waals surface area (Å²) in [5.41, 5.74) is 2.52. The number of carbonyl (C=O) groups excluding carboxylic acids is 1. The highest BCUT2D eigenvalue weighted by molar-refractivity contribution is 6.04. The number of carbonyl (C=O) groups is 1. The lowest BCUT2D eigenvalue weighted by molar-refractivity contribution is 0.102. The van der Waals surface area contributed by atoms with E-state index in [2.05, 4.69) is 20.6 Å². The van der Waals surface area contributed by atoms with E-state index in [0.717, 1.165) is 30.0 Å². The van der Waals surface area contributed by atoms with E-state index in [9.17, 15) is 4.79 Å². The Morgan fingerprint density at radius 3 is 2.67 bits per heavy atom. The van der Waals surface area contributed by atoms with Gasteiger partial charge in [-0.2, -0.15) is 0 Å². The number of amides is 1. The molecule has 2 N–H and O–H groups in total. The molecular formula is C16H20N4O. The van der Waals surface area contributed by atoms with Crippen molar-refractivity contribution < 1.29 is 4.79 Å². The molecule has 0 unspecified atom stereocenters. The van der Waals surface area contributed by atoms with Crippen LogP contribution in [-0.4, -0.2) is 22.4 Å². The van der Waals surface area contributed by atoms with E-state index in [0.29, 0.717) is 11.4 Å². The second-order valence-corrected chi connectivity index (χ2v) is 4.79. The van der Waals surface area contributed by atoms with Crippen LogP contribution in [0.3, 0.4) is 0 Å². The van der Waals surface area contributed by atoms with Gasteiger partial charge in [0, 0.05) is 24.0 Å². The molecule has 0 atom stereocenters. The minimum atomic E-state index is -0.177. The summed E-state index contributed by atoms with van der Waals surface area (Å²) in [6.07, 6.45) is 2.46. The molecule has 0 aromatic carbocycles. The van der Waals surface area contributed by atoms with Gasteiger partial charge in [0.2, 0.25) is 0 Å². The molecule has 5 heteroatoms. The molecule has 0 saturated carbocycles. The van der Waals surface area contributed by atoms with Crippen LogP contribution in [0.15, 0.2) is 30.5 Å². The summed E-state index contributed by atoms with van der Waals surface area (Å²) in [7, 11) is 0. The first-order valence-corrected chi connectivity index (χ1v) is 7.11. The van der Waals surface area contributed by atoms with Crippen molar-refractivity contribution in [3.05, 3.63) is 47.3 Å². The minimum Gasteiger partial charge on any atom is -0.370 e. The van der Waals surface area contributed by atoms with Crippen molar-refractivity contribution in [2.45, 2.75) is 27.2 Å². The molecule has 0 aliphatic rings. The van der Waals surface area contributed by atoms with Crippen LogP contribution in [0.25, 0.3) is 0 Å². The second kappa shape index (κ2) is 6.83. The summed E-state index contributed by atoms with van der Waals surface area (Å²) < 4.78 is 0. The standard InChI is InChI=1S/C16H20N4O/c1-4-13-9-12(10-15(19-13)17-5-2)16(21)20-14-8-11(3)6-7-18-14/h6-10H,4-5H2,1-3H3,(H,17,19)(H,18,20,21). The van der Waals surface area contributed by atoms with Crippen LogP contribution in [0.1, 0.15) is 35.5 Å². The molecule has 0 fully saturated rings. The predicted molar refractivity (Wildman–Crippen MR) is 84.7 cm³/mol. The molecule has 110 valence electrons. The molecule has 0 aliphatic carbocycles. The van der Waals surface area contributed by atoms with E-state index in [-0.39, 0.29) is 5.91 Å². The highest BCUT2D eigenvalue weighted by atomic mass is 16.1. The third kappa shape index (κ3) is 4.02. The summed E-state index contributed by atoms with van der Waals surface area (Å²) >= 11 is 0. The van der Waals surface area contributed by atoms with Gasteiger partial charge in [-0.1, -0.05) is 6.92 Å². The Kier molecular flexibility index (Phi) is 4.87. The molecule has 0 saturated heterocycles. The SMILES string of the molecule is CCNc1cc(C(=O)Nc2cc(C)ccn2)cc(CC)n1. The average Bonchev–Trinajstić information content (AvgIpc) is 2.47. The predicted octanol–water partition coefficient (Wildman–Crippen LogP) is 3.03. The molecule has 2 aromatic rings. The van der Waals surface area contributed by atoms with Crippen molar-refractivity contribution >= 4 is 17.5 Å². The van der Waals surface area contributed by atoms with Gasteiger partial charge in [-0.25, -0.2) is 9.97 Å². The minimum absolute atomic E-state index is 0.177. The number of aromatic nitrogens is 2.